The molecule has 1 fully saturated rings. The Morgan fingerprint density at radius 1 is 1.14 bits per heavy atom. The van der Waals surface area contributed by atoms with E-state index >= 15 is 0 Å². The van der Waals surface area contributed by atoms with E-state index in [2.05, 4.69) is 19.9 Å². The number of aldehydes is 1. The minimum atomic E-state index is -3.54. The van der Waals surface area contributed by atoms with Crippen LogP contribution in [0.3, 0.4) is 0 Å². The first-order valence-corrected chi connectivity index (χ1v) is 12.9. The summed E-state index contributed by atoms with van der Waals surface area (Å²) in [4.78, 5) is 25.7. The molecule has 4 rings (SSSR count). The van der Waals surface area contributed by atoms with Gasteiger partial charge in [0.2, 0.25) is 11.8 Å². The lowest BCUT2D eigenvalue weighted by Crippen LogP contribution is -2.39. The maximum absolute atomic E-state index is 14.4. The van der Waals surface area contributed by atoms with Gasteiger partial charge in [0.1, 0.15) is 24.5 Å². The number of benzene rings is 1. The molecule has 0 radical (unpaired) electrons. The van der Waals surface area contributed by atoms with Gasteiger partial charge in [-0.15, -0.1) is 0 Å². The number of nitrogens with zero attached hydrogens (tertiary/aromatic N) is 4. The average Bonchev–Trinajstić information content (AvgIpc) is 2.83. The van der Waals surface area contributed by atoms with E-state index in [4.69, 9.17) is 9.47 Å². The molecule has 0 atom stereocenters. The van der Waals surface area contributed by atoms with Gasteiger partial charge in [0.05, 0.1) is 10.5 Å². The highest BCUT2D eigenvalue weighted by molar-refractivity contribution is 7.90. The Hall–Kier alpha value is -3.60. The number of rotatable bonds is 8. The molecule has 35 heavy (non-hydrogen) atoms. The van der Waals surface area contributed by atoms with Crippen LogP contribution in [0.5, 0.6) is 17.5 Å². The van der Waals surface area contributed by atoms with Crippen molar-refractivity contribution in [1.29, 1.82) is 0 Å². The highest BCUT2D eigenvalue weighted by Gasteiger charge is 2.25. The fraction of sp³-hybridized carbons (Fsp3) is 0.333. The first-order valence-electron chi connectivity index (χ1n) is 11.0. The summed E-state index contributed by atoms with van der Waals surface area (Å²) < 4.78 is 49.4. The molecule has 0 saturated carbocycles. The van der Waals surface area contributed by atoms with Crippen LogP contribution in [-0.2, 0) is 21.1 Å². The lowest BCUT2D eigenvalue weighted by atomic mass is 10.1. The number of anilines is 1. The number of sulfone groups is 1. The van der Waals surface area contributed by atoms with Crippen LogP contribution in [0, 0.1) is 12.7 Å². The van der Waals surface area contributed by atoms with Crippen molar-refractivity contribution in [2.24, 2.45) is 0 Å². The lowest BCUT2D eigenvalue weighted by molar-refractivity contribution is -0.107. The minimum absolute atomic E-state index is 0.100. The molecule has 3 heterocycles. The summed E-state index contributed by atoms with van der Waals surface area (Å²) in [5.74, 6) is 0.298. The molecule has 1 saturated heterocycles. The van der Waals surface area contributed by atoms with Gasteiger partial charge in [0, 0.05) is 50.4 Å². The second-order valence-corrected chi connectivity index (χ2v) is 10.3. The van der Waals surface area contributed by atoms with Crippen molar-refractivity contribution in [3.05, 3.63) is 59.8 Å². The summed E-state index contributed by atoms with van der Waals surface area (Å²) in [5, 5.41) is 0. The quantitative estimate of drug-likeness (QED) is 0.430. The van der Waals surface area contributed by atoms with Crippen LogP contribution < -0.4 is 14.4 Å². The average molecular weight is 501 g/mol. The van der Waals surface area contributed by atoms with Crippen LogP contribution >= 0.6 is 0 Å². The van der Waals surface area contributed by atoms with Gasteiger partial charge in [-0.2, -0.15) is 0 Å². The number of hydrogen-bond acceptors (Lipinski definition) is 9. The molecule has 0 bridgehead atoms. The van der Waals surface area contributed by atoms with Crippen molar-refractivity contribution >= 4 is 21.9 Å². The Morgan fingerprint density at radius 3 is 2.57 bits per heavy atom. The molecule has 1 aliphatic rings. The van der Waals surface area contributed by atoms with E-state index in [0.717, 1.165) is 42.8 Å². The SMILES string of the molecule is Cc1c(Oc2ccc(S(C)(=O)=O)cc2F)ncnc1OC1CCN(c2ncccc2CC=O)CC1. The molecule has 11 heteroatoms. The van der Waals surface area contributed by atoms with Gasteiger partial charge in [-0.1, -0.05) is 6.07 Å². The minimum Gasteiger partial charge on any atom is -0.474 e. The van der Waals surface area contributed by atoms with E-state index in [-0.39, 0.29) is 22.6 Å². The number of carbonyl (C=O) groups is 1. The largest absolute Gasteiger partial charge is 0.474 e. The van der Waals surface area contributed by atoms with Crippen LogP contribution in [0.1, 0.15) is 24.0 Å². The van der Waals surface area contributed by atoms with E-state index in [1.54, 1.807) is 13.1 Å². The summed E-state index contributed by atoms with van der Waals surface area (Å²) in [6, 6.07) is 7.16. The number of piperidine rings is 1. The Morgan fingerprint density at radius 2 is 1.89 bits per heavy atom. The number of halogens is 1. The molecule has 0 spiro atoms. The van der Waals surface area contributed by atoms with Gasteiger partial charge in [0.25, 0.3) is 0 Å². The van der Waals surface area contributed by atoms with Crippen LogP contribution in [0.15, 0.2) is 47.8 Å². The van der Waals surface area contributed by atoms with Gasteiger partial charge in [-0.05, 0) is 31.2 Å². The van der Waals surface area contributed by atoms with Gasteiger partial charge >= 0.3 is 0 Å². The predicted molar refractivity (Wildman–Crippen MR) is 126 cm³/mol. The van der Waals surface area contributed by atoms with Crippen LogP contribution in [-0.4, -0.2) is 55.1 Å². The van der Waals surface area contributed by atoms with Gasteiger partial charge in [-0.3, -0.25) is 0 Å². The van der Waals surface area contributed by atoms with E-state index in [1.807, 2.05) is 12.1 Å². The fourth-order valence-corrected chi connectivity index (χ4v) is 4.48. The standard InChI is InChI=1S/C24H25FN4O5S/c1-16-23(27-15-28-24(16)34-21-6-5-19(14-20(21)25)35(2,31)32)33-18-7-11-29(12-8-18)22-17(9-13-30)4-3-10-26-22/h3-6,10,13-15,18H,7-9,11-12H2,1-2H3. The van der Waals surface area contributed by atoms with E-state index in [9.17, 15) is 17.6 Å². The maximum Gasteiger partial charge on any atom is 0.229 e. The molecule has 0 N–H and O–H groups in total. The van der Waals surface area contributed by atoms with E-state index in [1.165, 1.54) is 18.5 Å². The summed E-state index contributed by atoms with van der Waals surface area (Å²) in [5.41, 5.74) is 1.40. The summed E-state index contributed by atoms with van der Waals surface area (Å²) in [6.07, 6.45) is 6.53. The summed E-state index contributed by atoms with van der Waals surface area (Å²) in [7, 11) is -3.54. The molecule has 9 nitrogen and oxygen atoms in total. The van der Waals surface area contributed by atoms with Gasteiger partial charge in [-0.25, -0.2) is 27.8 Å². The Labute approximate surface area is 202 Å². The van der Waals surface area contributed by atoms with Crippen LogP contribution in [0.2, 0.25) is 0 Å². The number of carbonyl (C=O) groups excluding carboxylic acids is 1. The highest BCUT2D eigenvalue weighted by atomic mass is 32.2. The number of hydrogen-bond donors (Lipinski definition) is 0. The normalized spacial score (nSPS) is 14.5. The molecular weight excluding hydrogens is 475 g/mol. The monoisotopic (exact) mass is 500 g/mol. The third kappa shape index (κ3) is 5.73. The third-order valence-electron chi connectivity index (χ3n) is 5.72. The number of pyridine rings is 1. The van der Waals surface area contributed by atoms with E-state index in [0.29, 0.717) is 31.0 Å². The third-order valence-corrected chi connectivity index (χ3v) is 6.83. The first kappa shape index (κ1) is 24.5. The van der Waals surface area contributed by atoms with Crippen molar-refractivity contribution in [2.75, 3.05) is 24.2 Å². The molecule has 2 aromatic heterocycles. The summed E-state index contributed by atoms with van der Waals surface area (Å²) >= 11 is 0. The van der Waals surface area contributed by atoms with Crippen molar-refractivity contribution in [3.63, 3.8) is 0 Å². The number of ether oxygens (including phenoxy) is 2. The molecule has 184 valence electrons. The van der Waals surface area contributed by atoms with E-state index < -0.39 is 15.7 Å². The smallest absolute Gasteiger partial charge is 0.229 e. The van der Waals surface area contributed by atoms with Crippen LogP contribution in [0.25, 0.3) is 0 Å². The zero-order valence-electron chi connectivity index (χ0n) is 19.3. The Bertz CT molecular complexity index is 1330. The molecule has 0 amide bonds. The molecule has 1 aromatic carbocycles. The molecular formula is C24H25FN4O5S. The van der Waals surface area contributed by atoms with Crippen molar-refractivity contribution in [3.8, 4) is 17.5 Å². The van der Waals surface area contributed by atoms with Gasteiger partial charge < -0.3 is 19.2 Å². The lowest BCUT2D eigenvalue weighted by Gasteiger charge is -2.33. The van der Waals surface area contributed by atoms with Gasteiger partial charge in [0.15, 0.2) is 21.4 Å². The molecule has 3 aromatic rings. The molecule has 1 aliphatic heterocycles. The molecule has 0 unspecified atom stereocenters. The highest BCUT2D eigenvalue weighted by Crippen LogP contribution is 2.31. The first-order chi connectivity index (χ1) is 16.8. The Kier molecular flexibility index (Phi) is 7.25. The Balaban J connectivity index is 1.43. The van der Waals surface area contributed by atoms with Crippen LogP contribution in [0.4, 0.5) is 10.2 Å². The summed E-state index contributed by atoms with van der Waals surface area (Å²) in [6.45, 7) is 3.13. The molecule has 0 aliphatic carbocycles. The topological polar surface area (TPSA) is 112 Å². The second-order valence-electron chi connectivity index (χ2n) is 8.24. The zero-order valence-corrected chi connectivity index (χ0v) is 20.2. The van der Waals surface area contributed by atoms with Crippen molar-refractivity contribution in [1.82, 2.24) is 15.0 Å². The van der Waals surface area contributed by atoms with Crippen molar-refractivity contribution < 1.29 is 27.1 Å². The predicted octanol–water partition coefficient (Wildman–Crippen LogP) is 3.30. The number of aromatic nitrogens is 3. The van der Waals surface area contributed by atoms with Crippen molar-refractivity contribution in [2.45, 2.75) is 37.2 Å². The fourth-order valence-electron chi connectivity index (χ4n) is 3.85. The second kappa shape index (κ2) is 10.3. The maximum atomic E-state index is 14.4. The zero-order chi connectivity index (χ0) is 25.0.